The van der Waals surface area contributed by atoms with Crippen LogP contribution in [0.3, 0.4) is 0 Å². The standard InChI is InChI=1S/C13H14ClN/c1-4-5-11-8-10-6-7-12(14)9(2)13(10)15(11)3/h4-8H,1-3H3/b5-4-. The molecule has 0 saturated heterocycles. The summed E-state index contributed by atoms with van der Waals surface area (Å²) in [5, 5.41) is 2.07. The zero-order valence-corrected chi connectivity index (χ0v) is 9.97. The van der Waals surface area contributed by atoms with Gasteiger partial charge in [-0.05, 0) is 37.6 Å². The molecule has 2 aromatic rings. The Hall–Kier alpha value is -1.21. The maximum atomic E-state index is 6.11. The first-order valence-corrected chi connectivity index (χ1v) is 5.40. The molecule has 1 heterocycles. The van der Waals surface area contributed by atoms with Crippen molar-refractivity contribution in [3.05, 3.63) is 40.6 Å². The number of allylic oxidation sites excluding steroid dienone is 1. The van der Waals surface area contributed by atoms with Crippen molar-refractivity contribution in [1.82, 2.24) is 4.57 Å². The van der Waals surface area contributed by atoms with Crippen LogP contribution >= 0.6 is 11.6 Å². The molecule has 2 heteroatoms. The van der Waals surface area contributed by atoms with Gasteiger partial charge in [-0.25, -0.2) is 0 Å². The maximum absolute atomic E-state index is 6.11. The number of hydrogen-bond acceptors (Lipinski definition) is 0. The van der Waals surface area contributed by atoms with Gasteiger partial charge in [-0.15, -0.1) is 0 Å². The summed E-state index contributed by atoms with van der Waals surface area (Å²) < 4.78 is 2.18. The minimum absolute atomic E-state index is 0.829. The molecule has 0 atom stereocenters. The lowest BCUT2D eigenvalue weighted by Gasteiger charge is -2.04. The lowest BCUT2D eigenvalue weighted by Crippen LogP contribution is -1.92. The van der Waals surface area contributed by atoms with Crippen LogP contribution in [-0.2, 0) is 7.05 Å². The summed E-state index contributed by atoms with van der Waals surface area (Å²) in [6.45, 7) is 4.08. The van der Waals surface area contributed by atoms with Crippen LogP contribution < -0.4 is 0 Å². The number of nitrogens with zero attached hydrogens (tertiary/aromatic N) is 1. The molecule has 0 radical (unpaired) electrons. The summed E-state index contributed by atoms with van der Waals surface area (Å²) in [5.74, 6) is 0. The second kappa shape index (κ2) is 3.74. The number of hydrogen-bond donors (Lipinski definition) is 0. The molecule has 0 aliphatic heterocycles. The Balaban J connectivity index is 2.83. The Morgan fingerprint density at radius 3 is 2.73 bits per heavy atom. The van der Waals surface area contributed by atoms with Crippen molar-refractivity contribution in [3.63, 3.8) is 0 Å². The molecule has 0 aliphatic carbocycles. The third kappa shape index (κ3) is 1.57. The molecule has 0 N–H and O–H groups in total. The number of fused-ring (bicyclic) bond motifs is 1. The fourth-order valence-corrected chi connectivity index (χ4v) is 2.13. The highest BCUT2D eigenvalue weighted by Gasteiger charge is 2.07. The van der Waals surface area contributed by atoms with E-state index in [9.17, 15) is 0 Å². The molecule has 2 rings (SSSR count). The van der Waals surface area contributed by atoms with Crippen molar-refractivity contribution in [2.24, 2.45) is 7.05 Å². The Morgan fingerprint density at radius 2 is 2.07 bits per heavy atom. The first-order valence-electron chi connectivity index (χ1n) is 5.02. The van der Waals surface area contributed by atoms with Gasteiger partial charge in [0.25, 0.3) is 0 Å². The van der Waals surface area contributed by atoms with E-state index < -0.39 is 0 Å². The maximum Gasteiger partial charge on any atom is 0.0527 e. The quantitative estimate of drug-likeness (QED) is 0.679. The summed E-state index contributed by atoms with van der Waals surface area (Å²) >= 11 is 6.11. The summed E-state index contributed by atoms with van der Waals surface area (Å²) in [4.78, 5) is 0. The summed E-state index contributed by atoms with van der Waals surface area (Å²) in [7, 11) is 2.07. The van der Waals surface area contributed by atoms with E-state index in [1.54, 1.807) is 0 Å². The second-order valence-corrected chi connectivity index (χ2v) is 4.15. The van der Waals surface area contributed by atoms with Crippen LogP contribution in [0.5, 0.6) is 0 Å². The molecule has 15 heavy (non-hydrogen) atoms. The van der Waals surface area contributed by atoms with Crippen LogP contribution in [0.15, 0.2) is 24.3 Å². The molecule has 0 aliphatic rings. The molecule has 0 saturated carbocycles. The topological polar surface area (TPSA) is 4.93 Å². The molecule has 0 unspecified atom stereocenters. The van der Waals surface area contributed by atoms with Crippen molar-refractivity contribution in [1.29, 1.82) is 0 Å². The van der Waals surface area contributed by atoms with Crippen molar-refractivity contribution in [2.75, 3.05) is 0 Å². The van der Waals surface area contributed by atoms with Gasteiger partial charge in [0.1, 0.15) is 0 Å². The summed E-state index contributed by atoms with van der Waals surface area (Å²) in [6, 6.07) is 6.20. The van der Waals surface area contributed by atoms with Gasteiger partial charge in [-0.2, -0.15) is 0 Å². The van der Waals surface area contributed by atoms with Crippen molar-refractivity contribution in [2.45, 2.75) is 13.8 Å². The normalized spacial score (nSPS) is 11.7. The zero-order chi connectivity index (χ0) is 11.0. The average molecular weight is 220 g/mol. The fraction of sp³-hybridized carbons (Fsp3) is 0.231. The van der Waals surface area contributed by atoms with E-state index in [2.05, 4.69) is 36.7 Å². The van der Waals surface area contributed by atoms with Crippen LogP contribution in [-0.4, -0.2) is 4.57 Å². The van der Waals surface area contributed by atoms with E-state index in [0.717, 1.165) is 10.6 Å². The highest BCUT2D eigenvalue weighted by molar-refractivity contribution is 6.32. The Bertz CT molecular complexity index is 535. The molecule has 78 valence electrons. The van der Waals surface area contributed by atoms with Crippen LogP contribution in [0, 0.1) is 6.92 Å². The lowest BCUT2D eigenvalue weighted by molar-refractivity contribution is 0.950. The first-order chi connectivity index (χ1) is 7.15. The van der Waals surface area contributed by atoms with Crippen LogP contribution in [0.2, 0.25) is 5.02 Å². The van der Waals surface area contributed by atoms with Gasteiger partial charge in [-0.1, -0.05) is 23.7 Å². The third-order valence-corrected chi connectivity index (χ3v) is 3.17. The van der Waals surface area contributed by atoms with Gasteiger partial charge in [-0.3, -0.25) is 0 Å². The molecule has 0 bridgehead atoms. The molecule has 1 nitrogen and oxygen atoms in total. The highest BCUT2D eigenvalue weighted by Crippen LogP contribution is 2.27. The highest BCUT2D eigenvalue weighted by atomic mass is 35.5. The summed E-state index contributed by atoms with van der Waals surface area (Å²) in [5.41, 5.74) is 3.57. The minimum Gasteiger partial charge on any atom is -0.344 e. The minimum atomic E-state index is 0.829. The SMILES string of the molecule is C/C=C\c1cc2ccc(Cl)c(C)c2n1C. The van der Waals surface area contributed by atoms with E-state index in [4.69, 9.17) is 11.6 Å². The van der Waals surface area contributed by atoms with E-state index in [1.165, 1.54) is 16.6 Å². The van der Waals surface area contributed by atoms with Gasteiger partial charge in [0.05, 0.1) is 5.52 Å². The van der Waals surface area contributed by atoms with E-state index >= 15 is 0 Å². The van der Waals surface area contributed by atoms with Crippen LogP contribution in [0.25, 0.3) is 17.0 Å². The van der Waals surface area contributed by atoms with Crippen molar-refractivity contribution >= 4 is 28.6 Å². The molecule has 0 fully saturated rings. The van der Waals surface area contributed by atoms with Gasteiger partial charge < -0.3 is 4.57 Å². The van der Waals surface area contributed by atoms with Crippen LogP contribution in [0.1, 0.15) is 18.2 Å². The fourth-order valence-electron chi connectivity index (χ4n) is 1.97. The third-order valence-electron chi connectivity index (χ3n) is 2.76. The number of aromatic nitrogens is 1. The first kappa shape index (κ1) is 10.3. The molecular weight excluding hydrogens is 206 g/mol. The molecule has 1 aromatic carbocycles. The smallest absolute Gasteiger partial charge is 0.0527 e. The summed E-state index contributed by atoms with van der Waals surface area (Å²) in [6.07, 6.45) is 4.15. The number of benzene rings is 1. The predicted molar refractivity (Wildman–Crippen MR) is 67.4 cm³/mol. The average Bonchev–Trinajstić information content (AvgIpc) is 2.52. The van der Waals surface area contributed by atoms with Crippen LogP contribution in [0.4, 0.5) is 0 Å². The van der Waals surface area contributed by atoms with Gasteiger partial charge in [0, 0.05) is 23.2 Å². The molecule has 1 aromatic heterocycles. The number of halogens is 1. The number of aryl methyl sites for hydroxylation is 2. The van der Waals surface area contributed by atoms with Gasteiger partial charge in [0.15, 0.2) is 0 Å². The van der Waals surface area contributed by atoms with E-state index in [-0.39, 0.29) is 0 Å². The Labute approximate surface area is 95.0 Å². The Morgan fingerprint density at radius 1 is 1.33 bits per heavy atom. The van der Waals surface area contributed by atoms with E-state index in [1.807, 2.05) is 19.1 Å². The molecular formula is C13H14ClN. The number of rotatable bonds is 1. The zero-order valence-electron chi connectivity index (χ0n) is 9.21. The monoisotopic (exact) mass is 219 g/mol. The van der Waals surface area contributed by atoms with Crippen molar-refractivity contribution in [3.8, 4) is 0 Å². The lowest BCUT2D eigenvalue weighted by atomic mass is 10.1. The predicted octanol–water partition coefficient (Wildman–Crippen LogP) is 4.17. The molecule has 0 amide bonds. The molecule has 0 spiro atoms. The van der Waals surface area contributed by atoms with Gasteiger partial charge in [0.2, 0.25) is 0 Å². The van der Waals surface area contributed by atoms with Gasteiger partial charge >= 0.3 is 0 Å². The largest absolute Gasteiger partial charge is 0.344 e. The second-order valence-electron chi connectivity index (χ2n) is 3.74. The Kier molecular flexibility index (Phi) is 2.57. The van der Waals surface area contributed by atoms with E-state index in [0.29, 0.717) is 0 Å². The van der Waals surface area contributed by atoms with Crippen molar-refractivity contribution < 1.29 is 0 Å².